The van der Waals surface area contributed by atoms with Crippen LogP contribution in [0.4, 0.5) is 0 Å². The van der Waals surface area contributed by atoms with Gasteiger partial charge in [-0.1, -0.05) is 62.4 Å². The summed E-state index contributed by atoms with van der Waals surface area (Å²) in [5, 5.41) is 5.98. The maximum atomic E-state index is 13.7. The van der Waals surface area contributed by atoms with Crippen LogP contribution in [-0.2, 0) is 14.3 Å². The molecular weight excluding hydrogens is 442 g/mol. The zero-order chi connectivity index (χ0) is 25.4. The van der Waals surface area contributed by atoms with Gasteiger partial charge in [0.2, 0.25) is 5.91 Å². The summed E-state index contributed by atoms with van der Waals surface area (Å²) in [5.41, 5.74) is 0.989. The molecular formula is C28H37N3O4. The minimum absolute atomic E-state index is 0.0218. The van der Waals surface area contributed by atoms with E-state index in [4.69, 9.17) is 4.74 Å². The highest BCUT2D eigenvalue weighted by Gasteiger charge is 2.41. The average Bonchev–Trinajstić information content (AvgIpc) is 3.17. The van der Waals surface area contributed by atoms with Crippen LogP contribution < -0.4 is 10.6 Å². The van der Waals surface area contributed by atoms with Crippen LogP contribution in [0.25, 0.3) is 0 Å². The molecule has 0 saturated carbocycles. The first-order chi connectivity index (χ1) is 16.7. The molecule has 3 rings (SSSR count). The first-order valence-corrected chi connectivity index (χ1v) is 12.2. The van der Waals surface area contributed by atoms with Crippen molar-refractivity contribution in [3.05, 3.63) is 71.8 Å². The molecule has 1 aliphatic heterocycles. The lowest BCUT2D eigenvalue weighted by atomic mass is 9.72. The monoisotopic (exact) mass is 479 g/mol. The van der Waals surface area contributed by atoms with Crippen molar-refractivity contribution in [1.82, 2.24) is 15.5 Å². The molecule has 0 radical (unpaired) electrons. The molecule has 1 saturated heterocycles. The molecule has 7 heteroatoms. The number of rotatable bonds is 11. The Balaban J connectivity index is 1.72. The number of amides is 2. The second-order valence-corrected chi connectivity index (χ2v) is 10.1. The van der Waals surface area contributed by atoms with E-state index < -0.39 is 17.4 Å². The standard InChI is InChI=1S/C28H37N3O4/c1-28(2,16-17-29-26(33)21-13-9-6-10-14-21)24(20-11-7-5-8-12-20)27(34)30-25-22(32)19-35-23(25)15-18-31(3)4/h5-14,23-25H,15-19H2,1-4H3,(H,29,33)(H,30,34). The molecule has 1 aliphatic rings. The third-order valence-electron chi connectivity index (χ3n) is 6.58. The van der Waals surface area contributed by atoms with Gasteiger partial charge in [0.1, 0.15) is 12.6 Å². The fourth-order valence-corrected chi connectivity index (χ4v) is 4.57. The fourth-order valence-electron chi connectivity index (χ4n) is 4.57. The Bertz CT molecular complexity index is 992. The van der Waals surface area contributed by atoms with Gasteiger partial charge in [0, 0.05) is 18.7 Å². The third kappa shape index (κ3) is 7.23. The number of Topliss-reactive ketones (excluding diaryl/α,β-unsaturated/α-hetero) is 1. The van der Waals surface area contributed by atoms with Crippen LogP contribution in [0.5, 0.6) is 0 Å². The van der Waals surface area contributed by atoms with Gasteiger partial charge in [-0.3, -0.25) is 14.4 Å². The van der Waals surface area contributed by atoms with Crippen LogP contribution in [0, 0.1) is 5.41 Å². The van der Waals surface area contributed by atoms with Crippen LogP contribution >= 0.6 is 0 Å². The maximum absolute atomic E-state index is 13.7. The summed E-state index contributed by atoms with van der Waals surface area (Å²) < 4.78 is 5.70. The van der Waals surface area contributed by atoms with Gasteiger partial charge in [0.15, 0.2) is 5.78 Å². The highest BCUT2D eigenvalue weighted by Crippen LogP contribution is 2.39. The van der Waals surface area contributed by atoms with Gasteiger partial charge in [-0.15, -0.1) is 0 Å². The molecule has 3 unspecified atom stereocenters. The van der Waals surface area contributed by atoms with Gasteiger partial charge in [-0.2, -0.15) is 0 Å². The molecule has 188 valence electrons. The lowest BCUT2D eigenvalue weighted by Crippen LogP contribution is -2.49. The Hall–Kier alpha value is -3.03. The summed E-state index contributed by atoms with van der Waals surface area (Å²) in [5.74, 6) is -0.934. The van der Waals surface area contributed by atoms with Crippen molar-refractivity contribution < 1.29 is 19.1 Å². The molecule has 35 heavy (non-hydrogen) atoms. The minimum atomic E-state index is -0.651. The van der Waals surface area contributed by atoms with E-state index in [0.29, 0.717) is 24.9 Å². The number of ether oxygens (including phenoxy) is 1. The summed E-state index contributed by atoms with van der Waals surface area (Å²) in [4.78, 5) is 40.7. The zero-order valence-electron chi connectivity index (χ0n) is 21.1. The van der Waals surface area contributed by atoms with Crippen molar-refractivity contribution in [3.8, 4) is 0 Å². The number of carbonyl (C=O) groups excluding carboxylic acids is 3. The first kappa shape index (κ1) is 26.6. The number of nitrogens with one attached hydrogen (secondary N) is 2. The third-order valence-corrected chi connectivity index (χ3v) is 6.58. The predicted octanol–water partition coefficient (Wildman–Crippen LogP) is 3.02. The van der Waals surface area contributed by atoms with E-state index in [1.54, 1.807) is 12.1 Å². The first-order valence-electron chi connectivity index (χ1n) is 12.2. The molecule has 1 fully saturated rings. The van der Waals surface area contributed by atoms with E-state index in [9.17, 15) is 14.4 Å². The molecule has 2 aromatic carbocycles. The van der Waals surface area contributed by atoms with Crippen LogP contribution in [-0.4, -0.2) is 68.4 Å². The number of hydrogen-bond donors (Lipinski definition) is 2. The molecule has 1 heterocycles. The smallest absolute Gasteiger partial charge is 0.251 e. The molecule has 0 aliphatic carbocycles. The summed E-state index contributed by atoms with van der Waals surface area (Å²) in [6.07, 6.45) is 0.908. The zero-order valence-corrected chi connectivity index (χ0v) is 21.1. The van der Waals surface area contributed by atoms with E-state index in [0.717, 1.165) is 12.1 Å². The predicted molar refractivity (Wildman–Crippen MR) is 136 cm³/mol. The van der Waals surface area contributed by atoms with E-state index in [2.05, 4.69) is 10.6 Å². The Labute approximate surface area is 208 Å². The number of hydrogen-bond acceptors (Lipinski definition) is 5. The largest absolute Gasteiger partial charge is 0.368 e. The van der Waals surface area contributed by atoms with E-state index in [1.807, 2.05) is 81.4 Å². The Morgan fingerprint density at radius 1 is 1.06 bits per heavy atom. The number of nitrogens with zero attached hydrogens (tertiary/aromatic N) is 1. The van der Waals surface area contributed by atoms with Crippen LogP contribution in [0.2, 0.25) is 0 Å². The quantitative estimate of drug-likeness (QED) is 0.517. The Kier molecular flexibility index (Phi) is 9.18. The molecule has 7 nitrogen and oxygen atoms in total. The van der Waals surface area contributed by atoms with Crippen molar-refractivity contribution in [2.75, 3.05) is 33.8 Å². The van der Waals surface area contributed by atoms with Gasteiger partial charge in [-0.05, 0) is 50.0 Å². The molecule has 2 aromatic rings. The number of carbonyl (C=O) groups is 3. The minimum Gasteiger partial charge on any atom is -0.368 e. The van der Waals surface area contributed by atoms with Crippen molar-refractivity contribution in [2.24, 2.45) is 5.41 Å². The molecule has 3 atom stereocenters. The van der Waals surface area contributed by atoms with E-state index in [1.165, 1.54) is 0 Å². The van der Waals surface area contributed by atoms with Gasteiger partial charge in [0.05, 0.1) is 12.0 Å². The van der Waals surface area contributed by atoms with E-state index in [-0.39, 0.29) is 30.3 Å². The van der Waals surface area contributed by atoms with Gasteiger partial charge in [0.25, 0.3) is 5.91 Å². The lowest BCUT2D eigenvalue weighted by Gasteiger charge is -2.35. The van der Waals surface area contributed by atoms with Crippen LogP contribution in [0.15, 0.2) is 60.7 Å². The summed E-state index contributed by atoms with van der Waals surface area (Å²) in [6, 6.07) is 18.0. The Morgan fingerprint density at radius 3 is 2.31 bits per heavy atom. The molecule has 2 N–H and O–H groups in total. The van der Waals surface area contributed by atoms with Gasteiger partial charge < -0.3 is 20.3 Å². The topological polar surface area (TPSA) is 87.7 Å². The fraction of sp³-hybridized carbons (Fsp3) is 0.464. The molecule has 2 amide bonds. The SMILES string of the molecule is CN(C)CCC1OCC(=O)C1NC(=O)C(c1ccccc1)C(C)(C)CCNC(=O)c1ccccc1. The summed E-state index contributed by atoms with van der Waals surface area (Å²) in [6.45, 7) is 5.26. The average molecular weight is 480 g/mol. The van der Waals surface area contributed by atoms with Crippen LogP contribution in [0.1, 0.15) is 48.5 Å². The summed E-state index contributed by atoms with van der Waals surface area (Å²) >= 11 is 0. The van der Waals surface area contributed by atoms with Crippen LogP contribution in [0.3, 0.4) is 0 Å². The van der Waals surface area contributed by atoms with Crippen molar-refractivity contribution in [3.63, 3.8) is 0 Å². The van der Waals surface area contributed by atoms with Crippen molar-refractivity contribution in [2.45, 2.75) is 44.8 Å². The highest BCUT2D eigenvalue weighted by atomic mass is 16.5. The van der Waals surface area contributed by atoms with Gasteiger partial charge >= 0.3 is 0 Å². The summed E-state index contributed by atoms with van der Waals surface area (Å²) in [7, 11) is 3.93. The van der Waals surface area contributed by atoms with Crippen molar-refractivity contribution in [1.29, 1.82) is 0 Å². The maximum Gasteiger partial charge on any atom is 0.251 e. The molecule has 0 spiro atoms. The highest BCUT2D eigenvalue weighted by molar-refractivity contribution is 5.94. The molecule has 0 bridgehead atoms. The lowest BCUT2D eigenvalue weighted by molar-refractivity contribution is -0.129. The number of ketones is 1. The van der Waals surface area contributed by atoms with Gasteiger partial charge in [-0.25, -0.2) is 0 Å². The normalized spacial score (nSPS) is 18.9. The second-order valence-electron chi connectivity index (χ2n) is 10.1. The van der Waals surface area contributed by atoms with Crippen molar-refractivity contribution >= 4 is 17.6 Å². The molecule has 0 aromatic heterocycles. The van der Waals surface area contributed by atoms with E-state index >= 15 is 0 Å². The second kappa shape index (κ2) is 12.1. The Morgan fingerprint density at radius 2 is 1.69 bits per heavy atom. The number of benzene rings is 2.